The van der Waals surface area contributed by atoms with Crippen LogP contribution in [-0.2, 0) is 0 Å². The van der Waals surface area contributed by atoms with Gasteiger partial charge in [-0.25, -0.2) is 4.98 Å². The minimum atomic E-state index is -0.513. The SMILES string of the molecule is Cc1cc(-c2ccnc(F)c2)ncc1OC[C@@H](C)CC(C)(C)N. The van der Waals surface area contributed by atoms with E-state index in [1.165, 1.54) is 12.3 Å². The standard InChI is InChI=1S/C18H24FN3O/c1-12(9-18(3,4)20)11-23-16-10-22-15(7-13(16)2)14-5-6-21-17(19)8-14/h5-8,10,12H,9,11,20H2,1-4H3/t12-/m0/s1. The molecule has 5 heteroatoms. The number of pyridine rings is 2. The van der Waals surface area contributed by atoms with Gasteiger partial charge in [-0.15, -0.1) is 0 Å². The summed E-state index contributed by atoms with van der Waals surface area (Å²) in [6.45, 7) is 8.69. The van der Waals surface area contributed by atoms with Crippen molar-refractivity contribution < 1.29 is 9.13 Å². The Morgan fingerprint density at radius 3 is 2.65 bits per heavy atom. The third-order valence-electron chi connectivity index (χ3n) is 3.48. The number of nitrogens with zero attached hydrogens (tertiary/aromatic N) is 2. The molecule has 2 heterocycles. The van der Waals surface area contributed by atoms with Crippen molar-refractivity contribution in [3.63, 3.8) is 0 Å². The lowest BCUT2D eigenvalue weighted by molar-refractivity contribution is 0.227. The molecule has 2 aromatic rings. The number of aromatic nitrogens is 2. The summed E-state index contributed by atoms with van der Waals surface area (Å²) in [5.41, 5.74) is 8.19. The van der Waals surface area contributed by atoms with Crippen molar-refractivity contribution in [1.29, 1.82) is 0 Å². The Morgan fingerprint density at radius 2 is 2.04 bits per heavy atom. The molecule has 0 aliphatic rings. The van der Waals surface area contributed by atoms with Crippen LogP contribution >= 0.6 is 0 Å². The topological polar surface area (TPSA) is 61.0 Å². The van der Waals surface area contributed by atoms with Crippen LogP contribution < -0.4 is 10.5 Å². The lowest BCUT2D eigenvalue weighted by atomic mass is 9.93. The summed E-state index contributed by atoms with van der Waals surface area (Å²) in [5, 5.41) is 0. The van der Waals surface area contributed by atoms with E-state index in [1.807, 2.05) is 26.8 Å². The second kappa shape index (κ2) is 7.04. The molecule has 0 fully saturated rings. The highest BCUT2D eigenvalue weighted by Crippen LogP contribution is 2.24. The first kappa shape index (κ1) is 17.3. The van der Waals surface area contributed by atoms with E-state index in [1.54, 1.807) is 12.3 Å². The van der Waals surface area contributed by atoms with Crippen molar-refractivity contribution in [2.24, 2.45) is 11.7 Å². The van der Waals surface area contributed by atoms with Gasteiger partial charge in [0, 0.05) is 23.4 Å². The average Bonchev–Trinajstić information content (AvgIpc) is 2.44. The highest BCUT2D eigenvalue weighted by molar-refractivity contribution is 5.60. The van der Waals surface area contributed by atoms with Gasteiger partial charge in [0.2, 0.25) is 5.95 Å². The average molecular weight is 317 g/mol. The second-order valence-corrected chi connectivity index (χ2v) is 6.81. The number of ether oxygens (including phenoxy) is 1. The fourth-order valence-electron chi connectivity index (χ4n) is 2.60. The van der Waals surface area contributed by atoms with Gasteiger partial charge < -0.3 is 10.5 Å². The van der Waals surface area contributed by atoms with Gasteiger partial charge in [0.15, 0.2) is 0 Å². The van der Waals surface area contributed by atoms with Crippen molar-refractivity contribution in [1.82, 2.24) is 9.97 Å². The molecule has 2 aromatic heterocycles. The van der Waals surface area contributed by atoms with Gasteiger partial charge >= 0.3 is 0 Å². The third kappa shape index (κ3) is 5.28. The van der Waals surface area contributed by atoms with Gasteiger partial charge in [0.1, 0.15) is 5.75 Å². The molecule has 0 saturated carbocycles. The molecular formula is C18H24FN3O. The van der Waals surface area contributed by atoms with E-state index in [2.05, 4.69) is 16.9 Å². The second-order valence-electron chi connectivity index (χ2n) is 6.81. The molecule has 0 saturated heterocycles. The van der Waals surface area contributed by atoms with Crippen LogP contribution in [0, 0.1) is 18.8 Å². The zero-order chi connectivity index (χ0) is 17.0. The molecule has 124 valence electrons. The molecular weight excluding hydrogens is 293 g/mol. The summed E-state index contributed by atoms with van der Waals surface area (Å²) < 4.78 is 19.1. The molecule has 23 heavy (non-hydrogen) atoms. The molecule has 0 radical (unpaired) electrons. The molecule has 0 aliphatic heterocycles. The van der Waals surface area contributed by atoms with Crippen molar-refractivity contribution in [3.8, 4) is 17.0 Å². The van der Waals surface area contributed by atoms with E-state index in [0.717, 1.165) is 17.7 Å². The molecule has 2 rings (SSSR count). The molecule has 0 aromatic carbocycles. The Kier molecular flexibility index (Phi) is 5.31. The van der Waals surface area contributed by atoms with E-state index in [4.69, 9.17) is 10.5 Å². The summed E-state index contributed by atoms with van der Waals surface area (Å²) >= 11 is 0. The van der Waals surface area contributed by atoms with Gasteiger partial charge in [0.25, 0.3) is 0 Å². The summed E-state index contributed by atoms with van der Waals surface area (Å²) in [5.74, 6) is 0.578. The Labute approximate surface area is 136 Å². The van der Waals surface area contributed by atoms with E-state index < -0.39 is 5.95 Å². The first-order valence-electron chi connectivity index (χ1n) is 7.75. The van der Waals surface area contributed by atoms with Crippen molar-refractivity contribution in [3.05, 3.63) is 42.1 Å². The molecule has 0 aliphatic carbocycles. The van der Waals surface area contributed by atoms with Crippen molar-refractivity contribution in [2.75, 3.05) is 6.61 Å². The highest BCUT2D eigenvalue weighted by Gasteiger charge is 2.16. The molecule has 0 amide bonds. The number of aryl methyl sites for hydroxylation is 1. The first-order valence-corrected chi connectivity index (χ1v) is 7.75. The molecule has 0 bridgehead atoms. The van der Waals surface area contributed by atoms with Gasteiger partial charge in [-0.3, -0.25) is 4.98 Å². The molecule has 1 atom stereocenters. The summed E-state index contributed by atoms with van der Waals surface area (Å²) in [6, 6.07) is 4.99. The number of halogens is 1. The number of hydrogen-bond acceptors (Lipinski definition) is 4. The van der Waals surface area contributed by atoms with Crippen molar-refractivity contribution >= 4 is 0 Å². The van der Waals surface area contributed by atoms with E-state index in [9.17, 15) is 4.39 Å². The fraction of sp³-hybridized carbons (Fsp3) is 0.444. The van der Waals surface area contributed by atoms with Gasteiger partial charge in [-0.2, -0.15) is 4.39 Å². The van der Waals surface area contributed by atoms with Crippen LogP contribution in [-0.4, -0.2) is 22.1 Å². The lowest BCUT2D eigenvalue weighted by Gasteiger charge is -2.23. The van der Waals surface area contributed by atoms with E-state index >= 15 is 0 Å². The Bertz CT molecular complexity index is 668. The molecule has 2 N–H and O–H groups in total. The minimum absolute atomic E-state index is 0.203. The van der Waals surface area contributed by atoms with Crippen molar-refractivity contribution in [2.45, 2.75) is 39.7 Å². The van der Waals surface area contributed by atoms with Gasteiger partial charge in [0.05, 0.1) is 18.5 Å². The van der Waals surface area contributed by atoms with Crippen LogP contribution in [0.1, 0.15) is 32.8 Å². The fourth-order valence-corrected chi connectivity index (χ4v) is 2.60. The van der Waals surface area contributed by atoms with Crippen LogP contribution in [0.25, 0.3) is 11.3 Å². The summed E-state index contributed by atoms with van der Waals surface area (Å²) in [4.78, 5) is 7.91. The predicted octanol–water partition coefficient (Wildman–Crippen LogP) is 3.73. The van der Waals surface area contributed by atoms with E-state index in [0.29, 0.717) is 23.8 Å². The normalized spacial score (nSPS) is 13.0. The zero-order valence-corrected chi connectivity index (χ0v) is 14.1. The number of nitrogens with two attached hydrogens (primary N) is 1. The quantitative estimate of drug-likeness (QED) is 0.825. The van der Waals surface area contributed by atoms with Crippen LogP contribution in [0.3, 0.4) is 0 Å². The largest absolute Gasteiger partial charge is 0.491 e. The Hall–Kier alpha value is -2.01. The maximum atomic E-state index is 13.2. The molecule has 0 unspecified atom stereocenters. The van der Waals surface area contributed by atoms with Gasteiger partial charge in [-0.1, -0.05) is 6.92 Å². The summed E-state index contributed by atoms with van der Waals surface area (Å²) in [7, 11) is 0. The first-order chi connectivity index (χ1) is 10.7. The summed E-state index contributed by atoms with van der Waals surface area (Å²) in [6.07, 6.45) is 4.00. The lowest BCUT2D eigenvalue weighted by Crippen LogP contribution is -2.35. The molecule has 0 spiro atoms. The number of hydrogen-bond donors (Lipinski definition) is 1. The minimum Gasteiger partial charge on any atom is -0.491 e. The maximum Gasteiger partial charge on any atom is 0.213 e. The van der Waals surface area contributed by atoms with Crippen LogP contribution in [0.15, 0.2) is 30.6 Å². The highest BCUT2D eigenvalue weighted by atomic mass is 19.1. The van der Waals surface area contributed by atoms with E-state index in [-0.39, 0.29) is 5.54 Å². The molecule has 4 nitrogen and oxygen atoms in total. The predicted molar refractivity (Wildman–Crippen MR) is 89.7 cm³/mol. The zero-order valence-electron chi connectivity index (χ0n) is 14.1. The Morgan fingerprint density at radius 1 is 1.30 bits per heavy atom. The maximum absolute atomic E-state index is 13.2. The Balaban J connectivity index is 2.05. The van der Waals surface area contributed by atoms with Crippen LogP contribution in [0.4, 0.5) is 4.39 Å². The number of rotatable bonds is 6. The third-order valence-corrected chi connectivity index (χ3v) is 3.48. The van der Waals surface area contributed by atoms with Crippen LogP contribution in [0.5, 0.6) is 5.75 Å². The van der Waals surface area contributed by atoms with Gasteiger partial charge in [-0.05, 0) is 50.8 Å². The smallest absolute Gasteiger partial charge is 0.213 e. The monoisotopic (exact) mass is 317 g/mol. The van der Waals surface area contributed by atoms with Crippen LogP contribution in [0.2, 0.25) is 0 Å².